The van der Waals surface area contributed by atoms with Gasteiger partial charge in [0.25, 0.3) is 5.67 Å². The Balaban J connectivity index is 4.57. The molecule has 0 aliphatic carbocycles. The zero-order chi connectivity index (χ0) is 8.58. The van der Waals surface area contributed by atoms with Crippen molar-refractivity contribution in [2.75, 3.05) is 0 Å². The van der Waals surface area contributed by atoms with Crippen molar-refractivity contribution in [2.24, 2.45) is 0 Å². The predicted octanol–water partition coefficient (Wildman–Crippen LogP) is 1.36. The van der Waals surface area contributed by atoms with Gasteiger partial charge in [-0.15, -0.1) is 0 Å². The molecule has 0 aromatic carbocycles. The highest BCUT2D eigenvalue weighted by Gasteiger charge is 2.58. The summed E-state index contributed by atoms with van der Waals surface area (Å²) in [6.07, 6.45) is -5.35. The summed E-state index contributed by atoms with van der Waals surface area (Å²) in [5, 5.41) is 7.68. The van der Waals surface area contributed by atoms with E-state index in [1.54, 1.807) is 0 Å². The van der Waals surface area contributed by atoms with Crippen LogP contribution in [0.15, 0.2) is 0 Å². The maximum Gasteiger partial charge on any atom is 0.433 e. The van der Waals surface area contributed by atoms with E-state index in [0.29, 0.717) is 0 Å². The highest BCUT2D eigenvalue weighted by atomic mass is 19.4. The lowest BCUT2D eigenvalue weighted by Crippen LogP contribution is -2.45. The molecule has 6 heteroatoms. The fourth-order valence-electron chi connectivity index (χ4n) is 0.121. The Bertz CT molecular complexity index is 148. The molecular formula is C4H4F4O2. The Morgan fingerprint density at radius 3 is 1.60 bits per heavy atom. The van der Waals surface area contributed by atoms with Gasteiger partial charge in [0.05, 0.1) is 0 Å². The van der Waals surface area contributed by atoms with Gasteiger partial charge in [-0.25, -0.2) is 9.18 Å². The van der Waals surface area contributed by atoms with Crippen LogP contribution in [-0.4, -0.2) is 22.9 Å². The molecule has 1 N–H and O–H groups in total. The van der Waals surface area contributed by atoms with Crippen molar-refractivity contribution in [2.45, 2.75) is 18.8 Å². The molecule has 60 valence electrons. The predicted molar refractivity (Wildman–Crippen MR) is 23.2 cm³/mol. The molecule has 2 nitrogen and oxygen atoms in total. The van der Waals surface area contributed by atoms with E-state index in [1.165, 1.54) is 0 Å². The van der Waals surface area contributed by atoms with Crippen LogP contribution < -0.4 is 0 Å². The molecule has 0 heterocycles. The number of halogens is 4. The molecule has 0 rings (SSSR count). The van der Waals surface area contributed by atoms with Gasteiger partial charge in [0, 0.05) is 0 Å². The minimum absolute atomic E-state index is 0.0463. The van der Waals surface area contributed by atoms with E-state index in [9.17, 15) is 22.4 Å². The van der Waals surface area contributed by atoms with Crippen molar-refractivity contribution in [3.05, 3.63) is 0 Å². The standard InChI is InChI=1S/C4H4F4O2/c1-3(5,2(9)10)4(6,7)8/h1H3,(H,9,10). The third kappa shape index (κ3) is 1.37. The van der Waals surface area contributed by atoms with Gasteiger partial charge < -0.3 is 5.11 Å². The first-order chi connectivity index (χ1) is 4.19. The Kier molecular flexibility index (Phi) is 1.93. The lowest BCUT2D eigenvalue weighted by Gasteiger charge is -2.17. The van der Waals surface area contributed by atoms with Gasteiger partial charge in [0.1, 0.15) is 0 Å². The first-order valence-corrected chi connectivity index (χ1v) is 2.18. The summed E-state index contributed by atoms with van der Waals surface area (Å²) in [6, 6.07) is 0. The van der Waals surface area contributed by atoms with E-state index in [1.807, 2.05) is 0 Å². The Morgan fingerprint density at radius 2 is 1.60 bits per heavy atom. The van der Waals surface area contributed by atoms with Crippen LogP contribution >= 0.6 is 0 Å². The van der Waals surface area contributed by atoms with E-state index in [0.717, 1.165) is 0 Å². The third-order valence-corrected chi connectivity index (χ3v) is 0.934. The number of hydrogen-bond acceptors (Lipinski definition) is 1. The Hall–Kier alpha value is -0.810. The minimum atomic E-state index is -5.35. The summed E-state index contributed by atoms with van der Waals surface area (Å²) in [6.45, 7) is -0.0463. The molecule has 0 spiro atoms. The van der Waals surface area contributed by atoms with E-state index in [2.05, 4.69) is 0 Å². The number of rotatable bonds is 1. The molecule has 0 aromatic rings. The SMILES string of the molecule is CC(F)(C(=O)O)C(F)(F)F. The van der Waals surface area contributed by atoms with E-state index in [-0.39, 0.29) is 6.92 Å². The third-order valence-electron chi connectivity index (χ3n) is 0.934. The molecule has 0 radical (unpaired) electrons. The van der Waals surface area contributed by atoms with Gasteiger partial charge in [-0.2, -0.15) is 13.2 Å². The van der Waals surface area contributed by atoms with Crippen LogP contribution in [0.1, 0.15) is 6.92 Å². The van der Waals surface area contributed by atoms with Crippen molar-refractivity contribution in [1.82, 2.24) is 0 Å². The topological polar surface area (TPSA) is 37.3 Å². The lowest BCUT2D eigenvalue weighted by molar-refractivity contribution is -0.230. The van der Waals surface area contributed by atoms with Crippen LogP contribution in [0.5, 0.6) is 0 Å². The van der Waals surface area contributed by atoms with E-state index in [4.69, 9.17) is 5.11 Å². The monoisotopic (exact) mass is 160 g/mol. The van der Waals surface area contributed by atoms with Gasteiger partial charge in [-0.1, -0.05) is 0 Å². The largest absolute Gasteiger partial charge is 0.479 e. The molecular weight excluding hydrogens is 156 g/mol. The van der Waals surface area contributed by atoms with Crippen LogP contribution in [-0.2, 0) is 4.79 Å². The van der Waals surface area contributed by atoms with Crippen LogP contribution in [0.2, 0.25) is 0 Å². The summed E-state index contributed by atoms with van der Waals surface area (Å²) in [7, 11) is 0. The lowest BCUT2D eigenvalue weighted by atomic mass is 10.1. The second kappa shape index (κ2) is 2.10. The van der Waals surface area contributed by atoms with Gasteiger partial charge in [0.15, 0.2) is 0 Å². The molecule has 0 aliphatic rings. The molecule has 0 amide bonds. The zero-order valence-corrected chi connectivity index (χ0v) is 4.87. The summed E-state index contributed by atoms with van der Waals surface area (Å²) in [5.74, 6) is -2.53. The van der Waals surface area contributed by atoms with Crippen molar-refractivity contribution < 1.29 is 27.5 Å². The minimum Gasteiger partial charge on any atom is -0.479 e. The number of alkyl halides is 4. The summed E-state index contributed by atoms with van der Waals surface area (Å²) in [4.78, 5) is 9.57. The average molecular weight is 160 g/mol. The van der Waals surface area contributed by atoms with Gasteiger partial charge in [-0.05, 0) is 6.92 Å². The van der Waals surface area contributed by atoms with Gasteiger partial charge in [0.2, 0.25) is 0 Å². The average Bonchev–Trinajstić information content (AvgIpc) is 1.62. The summed E-state index contributed by atoms with van der Waals surface area (Å²) in [5.41, 5.74) is -4.15. The maximum absolute atomic E-state index is 12.0. The fourth-order valence-corrected chi connectivity index (χ4v) is 0.121. The van der Waals surface area contributed by atoms with Crippen molar-refractivity contribution in [1.29, 1.82) is 0 Å². The highest BCUT2D eigenvalue weighted by Crippen LogP contribution is 2.33. The molecule has 0 saturated heterocycles. The second-order valence-corrected chi connectivity index (χ2v) is 1.81. The summed E-state index contributed by atoms with van der Waals surface area (Å²) < 4.78 is 46.0. The number of carbonyl (C=O) groups is 1. The van der Waals surface area contributed by atoms with Crippen LogP contribution in [0, 0.1) is 0 Å². The van der Waals surface area contributed by atoms with Gasteiger partial charge >= 0.3 is 12.1 Å². The van der Waals surface area contributed by atoms with Crippen LogP contribution in [0.3, 0.4) is 0 Å². The Morgan fingerprint density at radius 1 is 1.30 bits per heavy atom. The maximum atomic E-state index is 12.0. The molecule has 10 heavy (non-hydrogen) atoms. The molecule has 0 aromatic heterocycles. The number of carboxylic acids is 1. The molecule has 0 aliphatic heterocycles. The smallest absolute Gasteiger partial charge is 0.433 e. The number of aliphatic carboxylic acids is 1. The molecule has 0 fully saturated rings. The second-order valence-electron chi connectivity index (χ2n) is 1.81. The quantitative estimate of drug-likeness (QED) is 0.588. The van der Waals surface area contributed by atoms with Crippen molar-refractivity contribution in [3.8, 4) is 0 Å². The Labute approximate surface area is 53.5 Å². The van der Waals surface area contributed by atoms with Gasteiger partial charge in [-0.3, -0.25) is 0 Å². The van der Waals surface area contributed by atoms with E-state index < -0.39 is 17.8 Å². The number of carboxylic acid groups (broad SMARTS) is 1. The molecule has 0 bridgehead atoms. The van der Waals surface area contributed by atoms with Crippen LogP contribution in [0.25, 0.3) is 0 Å². The molecule has 1 unspecified atom stereocenters. The van der Waals surface area contributed by atoms with E-state index >= 15 is 0 Å². The normalized spacial score (nSPS) is 18.1. The zero-order valence-electron chi connectivity index (χ0n) is 4.87. The first kappa shape index (κ1) is 9.19. The molecule has 0 saturated carbocycles. The summed E-state index contributed by atoms with van der Waals surface area (Å²) >= 11 is 0. The van der Waals surface area contributed by atoms with Crippen molar-refractivity contribution in [3.63, 3.8) is 0 Å². The molecule has 1 atom stereocenters. The number of hydrogen-bond donors (Lipinski definition) is 1. The highest BCUT2D eigenvalue weighted by molar-refractivity contribution is 5.77. The van der Waals surface area contributed by atoms with Crippen LogP contribution in [0.4, 0.5) is 17.6 Å². The fraction of sp³-hybridized carbons (Fsp3) is 0.750. The first-order valence-electron chi connectivity index (χ1n) is 2.18. The van der Waals surface area contributed by atoms with Crippen molar-refractivity contribution >= 4 is 5.97 Å².